The van der Waals surface area contributed by atoms with Crippen LogP contribution in [0.1, 0.15) is 56.5 Å². The van der Waals surface area contributed by atoms with Crippen molar-refractivity contribution in [2.75, 3.05) is 19.3 Å². The Morgan fingerprint density at radius 1 is 1.21 bits per heavy atom. The minimum Gasteiger partial charge on any atom is -0.391 e. The van der Waals surface area contributed by atoms with E-state index in [1.165, 1.54) is 18.5 Å². The number of nitrogen functional groups attached to an aromatic ring is 1. The van der Waals surface area contributed by atoms with Gasteiger partial charge in [0.05, 0.1) is 33.6 Å². The standard InChI is InChI=1S/C28H34ClF2N7O/c1-28(30,31)19-11-21-22(12-20(19)29)36-25(35-21)4-3-15-7-17(8-15)37(2)13-16-9-23(24(39)10-16)38-6-5-18-26(32)33-14-34-27(18)38/h5-6,11-12,14-17,23-24,39H,3-4,7-10,13H2,1-2H3,(H,35,36)(H2,32,33,34)/t15?,16-,17?,23+,24+/m0/s1. The lowest BCUT2D eigenvalue weighted by Crippen LogP contribution is -2.44. The molecule has 2 aliphatic carbocycles. The second kappa shape index (κ2) is 9.98. The molecule has 1 aromatic carbocycles. The molecule has 8 nitrogen and oxygen atoms in total. The fourth-order valence-electron chi connectivity index (χ4n) is 6.53. The van der Waals surface area contributed by atoms with Crippen LogP contribution in [0.15, 0.2) is 30.7 Å². The number of aliphatic hydroxyl groups is 1. The number of benzene rings is 1. The summed E-state index contributed by atoms with van der Waals surface area (Å²) in [5.41, 5.74) is 7.80. The summed E-state index contributed by atoms with van der Waals surface area (Å²) in [6, 6.07) is 5.38. The first-order valence-electron chi connectivity index (χ1n) is 13.6. The van der Waals surface area contributed by atoms with E-state index in [2.05, 4.69) is 36.5 Å². The zero-order valence-corrected chi connectivity index (χ0v) is 22.9. The number of fused-ring (bicyclic) bond motifs is 2. The SMILES string of the molecule is CN(C[C@@H]1C[C@@H](O)[C@H](n2ccc3c(N)ncnc32)C1)C1CC(CCc2nc3cc(Cl)c(C(C)(F)F)cc3[nH]2)C1. The summed E-state index contributed by atoms with van der Waals surface area (Å²) >= 11 is 6.07. The summed E-state index contributed by atoms with van der Waals surface area (Å²) in [4.78, 5) is 18.7. The predicted molar refractivity (Wildman–Crippen MR) is 148 cm³/mol. The molecule has 0 radical (unpaired) electrons. The third-order valence-electron chi connectivity index (χ3n) is 8.75. The number of halogens is 3. The van der Waals surface area contributed by atoms with E-state index in [4.69, 9.17) is 17.3 Å². The Morgan fingerprint density at radius 3 is 2.77 bits per heavy atom. The number of alkyl halides is 2. The van der Waals surface area contributed by atoms with Gasteiger partial charge in [-0.05, 0) is 69.2 Å². The number of hydrogen-bond acceptors (Lipinski definition) is 6. The molecule has 3 heterocycles. The molecule has 0 amide bonds. The van der Waals surface area contributed by atoms with Gasteiger partial charge in [0.15, 0.2) is 0 Å². The van der Waals surface area contributed by atoms with Crippen molar-refractivity contribution in [1.29, 1.82) is 0 Å². The van der Waals surface area contributed by atoms with Crippen LogP contribution in [0.4, 0.5) is 14.6 Å². The van der Waals surface area contributed by atoms with Crippen molar-refractivity contribution in [3.63, 3.8) is 0 Å². The van der Waals surface area contributed by atoms with E-state index >= 15 is 0 Å². The van der Waals surface area contributed by atoms with Crippen molar-refractivity contribution >= 4 is 39.5 Å². The minimum atomic E-state index is -3.00. The summed E-state index contributed by atoms with van der Waals surface area (Å²) in [5, 5.41) is 11.7. The van der Waals surface area contributed by atoms with Crippen molar-refractivity contribution < 1.29 is 13.9 Å². The number of hydrogen-bond donors (Lipinski definition) is 3. The lowest BCUT2D eigenvalue weighted by Gasteiger charge is -2.42. The summed E-state index contributed by atoms with van der Waals surface area (Å²) in [5.74, 6) is -0.704. The maximum absolute atomic E-state index is 13.8. The molecule has 3 atom stereocenters. The zero-order valence-electron chi connectivity index (χ0n) is 22.1. The highest BCUT2D eigenvalue weighted by molar-refractivity contribution is 6.32. The molecule has 0 bridgehead atoms. The number of nitrogens with two attached hydrogens (primary N) is 1. The Kier molecular flexibility index (Phi) is 6.76. The van der Waals surface area contributed by atoms with Crippen LogP contribution < -0.4 is 5.73 Å². The predicted octanol–water partition coefficient (Wildman–Crippen LogP) is 5.31. The van der Waals surface area contributed by atoms with Gasteiger partial charge in [-0.3, -0.25) is 0 Å². The van der Waals surface area contributed by atoms with E-state index in [-0.39, 0.29) is 16.6 Å². The Morgan fingerprint density at radius 2 is 2.00 bits per heavy atom. The van der Waals surface area contributed by atoms with Crippen LogP contribution in [0.3, 0.4) is 0 Å². The molecule has 0 spiro atoms. The van der Waals surface area contributed by atoms with Crippen molar-refractivity contribution in [3.8, 4) is 0 Å². The number of rotatable bonds is 8. The van der Waals surface area contributed by atoms with E-state index < -0.39 is 12.0 Å². The molecule has 0 saturated heterocycles. The summed E-state index contributed by atoms with van der Waals surface area (Å²) < 4.78 is 29.7. The second-order valence-corrected chi connectivity index (χ2v) is 12.0. The van der Waals surface area contributed by atoms with E-state index in [0.717, 1.165) is 68.9 Å². The van der Waals surface area contributed by atoms with E-state index in [1.54, 1.807) is 0 Å². The van der Waals surface area contributed by atoms with Crippen LogP contribution >= 0.6 is 11.6 Å². The van der Waals surface area contributed by atoms with Gasteiger partial charge in [0.2, 0.25) is 0 Å². The van der Waals surface area contributed by atoms with Gasteiger partial charge in [0, 0.05) is 37.7 Å². The lowest BCUT2D eigenvalue weighted by atomic mass is 9.76. The number of aromatic amines is 1. The third-order valence-corrected chi connectivity index (χ3v) is 9.07. The maximum atomic E-state index is 13.8. The van der Waals surface area contributed by atoms with Crippen LogP contribution in [0.25, 0.3) is 22.1 Å². The molecule has 2 saturated carbocycles. The topological polar surface area (TPSA) is 109 Å². The number of imidazole rings is 1. The minimum absolute atomic E-state index is 0.0114. The van der Waals surface area contributed by atoms with E-state index in [0.29, 0.717) is 34.7 Å². The highest BCUT2D eigenvalue weighted by Crippen LogP contribution is 2.40. The highest BCUT2D eigenvalue weighted by Gasteiger charge is 2.38. The van der Waals surface area contributed by atoms with Crippen molar-refractivity contribution in [2.24, 2.45) is 11.8 Å². The van der Waals surface area contributed by atoms with Gasteiger partial charge in [-0.25, -0.2) is 23.7 Å². The molecule has 4 N–H and O–H groups in total. The number of anilines is 1. The summed E-state index contributed by atoms with van der Waals surface area (Å²) in [6.45, 7) is 1.81. The molecular weight excluding hydrogens is 524 g/mol. The fourth-order valence-corrected chi connectivity index (χ4v) is 6.86. The number of H-pyrrole nitrogens is 1. The van der Waals surface area contributed by atoms with Gasteiger partial charge in [0.25, 0.3) is 5.92 Å². The molecule has 0 aliphatic heterocycles. The second-order valence-electron chi connectivity index (χ2n) is 11.6. The fraction of sp³-hybridized carbons (Fsp3) is 0.536. The van der Waals surface area contributed by atoms with Crippen LogP contribution in [0, 0.1) is 11.8 Å². The molecule has 3 aromatic heterocycles. The van der Waals surface area contributed by atoms with Crippen molar-refractivity contribution in [1.82, 2.24) is 29.4 Å². The smallest absolute Gasteiger partial charge is 0.272 e. The lowest BCUT2D eigenvalue weighted by molar-refractivity contribution is 0.0177. The monoisotopic (exact) mass is 557 g/mol. The number of nitrogens with one attached hydrogen (secondary N) is 1. The molecule has 2 aliphatic rings. The first-order chi connectivity index (χ1) is 18.6. The molecular formula is C28H34ClF2N7O. The molecule has 2 fully saturated rings. The maximum Gasteiger partial charge on any atom is 0.272 e. The largest absolute Gasteiger partial charge is 0.391 e. The first-order valence-corrected chi connectivity index (χ1v) is 14.0. The summed E-state index contributed by atoms with van der Waals surface area (Å²) in [6.07, 6.45) is 8.73. The number of aromatic nitrogens is 5. The van der Waals surface area contributed by atoms with Crippen LogP contribution in [-0.2, 0) is 12.3 Å². The van der Waals surface area contributed by atoms with Crippen molar-refractivity contribution in [2.45, 2.75) is 69.6 Å². The van der Waals surface area contributed by atoms with Gasteiger partial charge in [-0.2, -0.15) is 0 Å². The molecule has 11 heteroatoms. The average Bonchev–Trinajstić information content (AvgIpc) is 3.53. The van der Waals surface area contributed by atoms with Gasteiger partial charge in [0.1, 0.15) is 23.6 Å². The van der Waals surface area contributed by atoms with Crippen LogP contribution in [0.2, 0.25) is 5.02 Å². The van der Waals surface area contributed by atoms with Gasteiger partial charge < -0.3 is 25.3 Å². The number of aryl methyl sites for hydroxylation is 1. The zero-order chi connectivity index (χ0) is 27.5. The van der Waals surface area contributed by atoms with E-state index in [9.17, 15) is 13.9 Å². The molecule has 0 unspecified atom stereocenters. The van der Waals surface area contributed by atoms with Gasteiger partial charge in [-0.1, -0.05) is 11.6 Å². The number of aliphatic hydroxyl groups excluding tert-OH is 1. The highest BCUT2D eigenvalue weighted by atomic mass is 35.5. The summed E-state index contributed by atoms with van der Waals surface area (Å²) in [7, 11) is 2.18. The normalized spacial score (nSPS) is 25.7. The van der Waals surface area contributed by atoms with Crippen molar-refractivity contribution in [3.05, 3.63) is 47.1 Å². The van der Waals surface area contributed by atoms with Gasteiger partial charge >= 0.3 is 0 Å². The average molecular weight is 558 g/mol. The number of nitrogens with zero attached hydrogens (tertiary/aromatic N) is 5. The van der Waals surface area contributed by atoms with E-state index in [1.807, 2.05) is 12.3 Å². The molecule has 6 rings (SSSR count). The van der Waals surface area contributed by atoms with Gasteiger partial charge in [-0.15, -0.1) is 0 Å². The molecule has 4 aromatic rings. The quantitative estimate of drug-likeness (QED) is 0.271. The van der Waals surface area contributed by atoms with Crippen LogP contribution in [0.5, 0.6) is 0 Å². The third kappa shape index (κ3) is 5.10. The Labute approximate surface area is 230 Å². The Balaban J connectivity index is 0.998. The van der Waals surface area contributed by atoms with Crippen LogP contribution in [-0.4, -0.2) is 60.2 Å². The molecule has 39 heavy (non-hydrogen) atoms. The Hall–Kier alpha value is -2.82. The Bertz CT molecular complexity index is 1490. The molecule has 208 valence electrons. The first kappa shape index (κ1) is 26.4.